The number of aromatic nitrogens is 2. The Morgan fingerprint density at radius 1 is 1.32 bits per heavy atom. The van der Waals surface area contributed by atoms with E-state index in [0.29, 0.717) is 30.4 Å². The summed E-state index contributed by atoms with van der Waals surface area (Å²) >= 11 is 0. The molecule has 2 aromatic rings. The van der Waals surface area contributed by atoms with Gasteiger partial charge in [0, 0.05) is 31.5 Å². The Bertz CT molecular complexity index is 841. The summed E-state index contributed by atoms with van der Waals surface area (Å²) in [6.45, 7) is 2.17. The highest BCUT2D eigenvalue weighted by molar-refractivity contribution is 7.89. The van der Waals surface area contributed by atoms with Crippen LogP contribution in [0.25, 0.3) is 5.69 Å². The topological polar surface area (TPSA) is 76.5 Å². The van der Waals surface area contributed by atoms with Crippen molar-refractivity contribution in [3.05, 3.63) is 36.7 Å². The monoisotopic (exact) mass is 384 g/mol. The molecule has 2 aliphatic rings. The van der Waals surface area contributed by atoms with Crippen molar-refractivity contribution in [1.29, 1.82) is 0 Å². The first-order valence-electron chi connectivity index (χ1n) is 8.02. The molecule has 0 saturated carbocycles. The predicted molar refractivity (Wildman–Crippen MR) is 96.0 cm³/mol. The van der Waals surface area contributed by atoms with Crippen LogP contribution in [0.4, 0.5) is 0 Å². The molecule has 1 aromatic heterocycles. The molecule has 1 aromatic carbocycles. The van der Waals surface area contributed by atoms with E-state index in [1.807, 2.05) is 0 Å². The minimum atomic E-state index is -3.62. The van der Waals surface area contributed by atoms with Gasteiger partial charge in [0.1, 0.15) is 10.6 Å². The van der Waals surface area contributed by atoms with Gasteiger partial charge in [-0.2, -0.15) is 9.40 Å². The molecule has 25 heavy (non-hydrogen) atoms. The van der Waals surface area contributed by atoms with E-state index in [0.717, 1.165) is 13.0 Å². The largest absolute Gasteiger partial charge is 0.495 e. The number of sulfonamides is 1. The molecule has 3 heterocycles. The lowest BCUT2D eigenvalue weighted by molar-refractivity contribution is 0.372. The highest BCUT2D eigenvalue weighted by atomic mass is 35.5. The average molecular weight is 385 g/mol. The van der Waals surface area contributed by atoms with Crippen LogP contribution < -0.4 is 10.1 Å². The van der Waals surface area contributed by atoms with Crippen molar-refractivity contribution >= 4 is 22.4 Å². The third-order valence-electron chi connectivity index (χ3n) is 4.90. The van der Waals surface area contributed by atoms with Crippen LogP contribution in [0.5, 0.6) is 5.75 Å². The van der Waals surface area contributed by atoms with Crippen molar-refractivity contribution in [2.24, 2.45) is 5.92 Å². The lowest BCUT2D eigenvalue weighted by Gasteiger charge is -2.24. The number of halogens is 1. The minimum Gasteiger partial charge on any atom is -0.495 e. The maximum atomic E-state index is 13.3. The summed E-state index contributed by atoms with van der Waals surface area (Å²) in [7, 11) is -2.13. The van der Waals surface area contributed by atoms with Gasteiger partial charge < -0.3 is 10.1 Å². The van der Waals surface area contributed by atoms with Crippen LogP contribution >= 0.6 is 12.4 Å². The second kappa shape index (κ2) is 6.95. The van der Waals surface area contributed by atoms with Crippen LogP contribution in [0.1, 0.15) is 6.42 Å². The summed E-state index contributed by atoms with van der Waals surface area (Å²) in [4.78, 5) is 0.200. The molecular weight excluding hydrogens is 364 g/mol. The third-order valence-corrected chi connectivity index (χ3v) is 6.84. The normalized spacial score (nSPS) is 23.2. The summed E-state index contributed by atoms with van der Waals surface area (Å²) < 4.78 is 35.1. The average Bonchev–Trinajstić information content (AvgIpc) is 3.30. The highest BCUT2D eigenvalue weighted by Gasteiger charge is 2.44. The van der Waals surface area contributed by atoms with E-state index in [9.17, 15) is 8.42 Å². The minimum absolute atomic E-state index is 0. The zero-order valence-corrected chi connectivity index (χ0v) is 15.5. The Labute approximate surface area is 153 Å². The van der Waals surface area contributed by atoms with Crippen LogP contribution in [0.2, 0.25) is 0 Å². The number of nitrogens with one attached hydrogen (secondary N) is 1. The van der Waals surface area contributed by atoms with Gasteiger partial charge in [0.2, 0.25) is 10.0 Å². The lowest BCUT2D eigenvalue weighted by Crippen LogP contribution is -2.39. The van der Waals surface area contributed by atoms with Crippen LogP contribution in [0.3, 0.4) is 0 Å². The van der Waals surface area contributed by atoms with Gasteiger partial charge in [-0.3, -0.25) is 0 Å². The molecular formula is C16H21ClN4O3S. The SMILES string of the molecule is COc1ccc(-n2cccn2)cc1S(=O)(=O)N1CC[C@H]2CNC[C@H]21.Cl. The van der Waals surface area contributed by atoms with Gasteiger partial charge in [0.15, 0.2) is 0 Å². The van der Waals surface area contributed by atoms with Gasteiger partial charge in [0.25, 0.3) is 0 Å². The van der Waals surface area contributed by atoms with Crippen LogP contribution in [-0.4, -0.2) is 55.3 Å². The van der Waals surface area contributed by atoms with E-state index in [1.54, 1.807) is 45.6 Å². The summed E-state index contributed by atoms with van der Waals surface area (Å²) in [5.74, 6) is 0.764. The molecule has 2 saturated heterocycles. The number of fused-ring (bicyclic) bond motifs is 1. The first-order valence-corrected chi connectivity index (χ1v) is 9.46. The zero-order chi connectivity index (χ0) is 16.7. The molecule has 2 aliphatic heterocycles. The van der Waals surface area contributed by atoms with Crippen LogP contribution in [-0.2, 0) is 10.0 Å². The molecule has 2 atom stereocenters. The Morgan fingerprint density at radius 2 is 2.16 bits per heavy atom. The van der Waals surface area contributed by atoms with E-state index in [4.69, 9.17) is 4.74 Å². The number of benzene rings is 1. The Kier molecular flexibility index (Phi) is 5.06. The van der Waals surface area contributed by atoms with Gasteiger partial charge in [-0.15, -0.1) is 12.4 Å². The molecule has 0 unspecified atom stereocenters. The fourth-order valence-electron chi connectivity index (χ4n) is 3.67. The molecule has 4 rings (SSSR count). The van der Waals surface area contributed by atoms with Crippen molar-refractivity contribution in [2.75, 3.05) is 26.7 Å². The summed E-state index contributed by atoms with van der Waals surface area (Å²) in [6.07, 6.45) is 4.34. The summed E-state index contributed by atoms with van der Waals surface area (Å²) in [5.41, 5.74) is 0.694. The number of methoxy groups -OCH3 is 1. The van der Waals surface area contributed by atoms with E-state index in [2.05, 4.69) is 10.4 Å². The van der Waals surface area contributed by atoms with Crippen LogP contribution in [0.15, 0.2) is 41.6 Å². The van der Waals surface area contributed by atoms with E-state index >= 15 is 0 Å². The van der Waals surface area contributed by atoms with E-state index < -0.39 is 10.0 Å². The van der Waals surface area contributed by atoms with Gasteiger partial charge in [-0.05, 0) is 43.1 Å². The molecule has 0 spiro atoms. The lowest BCUT2D eigenvalue weighted by atomic mass is 10.1. The second-order valence-corrected chi connectivity index (χ2v) is 8.03. The molecule has 0 amide bonds. The molecule has 9 heteroatoms. The first-order chi connectivity index (χ1) is 11.6. The van der Waals surface area contributed by atoms with E-state index in [1.165, 1.54) is 7.11 Å². The summed E-state index contributed by atoms with van der Waals surface area (Å²) in [6, 6.07) is 6.96. The van der Waals surface area contributed by atoms with Crippen molar-refractivity contribution in [3.63, 3.8) is 0 Å². The van der Waals surface area contributed by atoms with Crippen molar-refractivity contribution in [3.8, 4) is 11.4 Å². The van der Waals surface area contributed by atoms with Gasteiger partial charge in [0.05, 0.1) is 12.8 Å². The third kappa shape index (κ3) is 3.03. The zero-order valence-electron chi connectivity index (χ0n) is 13.8. The second-order valence-electron chi connectivity index (χ2n) is 6.18. The number of ether oxygens (including phenoxy) is 1. The highest BCUT2D eigenvalue weighted by Crippen LogP contribution is 2.36. The smallest absolute Gasteiger partial charge is 0.247 e. The molecule has 136 valence electrons. The maximum Gasteiger partial charge on any atom is 0.247 e. The predicted octanol–water partition coefficient (Wildman–Crippen LogP) is 1.29. The number of rotatable bonds is 4. The summed E-state index contributed by atoms with van der Waals surface area (Å²) in [5, 5.41) is 7.46. The molecule has 7 nitrogen and oxygen atoms in total. The number of hydrogen-bond donors (Lipinski definition) is 1. The van der Waals surface area contributed by atoms with E-state index in [-0.39, 0.29) is 23.3 Å². The molecule has 0 aliphatic carbocycles. The molecule has 1 N–H and O–H groups in total. The molecule has 2 fully saturated rings. The van der Waals surface area contributed by atoms with Gasteiger partial charge in [-0.1, -0.05) is 0 Å². The molecule has 0 radical (unpaired) electrons. The van der Waals surface area contributed by atoms with Gasteiger partial charge in [-0.25, -0.2) is 13.1 Å². The Hall–Kier alpha value is -1.61. The number of hydrogen-bond acceptors (Lipinski definition) is 5. The van der Waals surface area contributed by atoms with Crippen molar-refractivity contribution in [2.45, 2.75) is 17.4 Å². The van der Waals surface area contributed by atoms with Gasteiger partial charge >= 0.3 is 0 Å². The Morgan fingerprint density at radius 3 is 2.88 bits per heavy atom. The standard InChI is InChI=1S/C16H20N4O3S.ClH/c1-23-15-4-3-13(19-7-2-6-18-19)9-16(15)24(21,22)20-8-5-12-10-17-11-14(12)20;/h2-4,6-7,9,12,14,17H,5,8,10-11H2,1H3;1H/t12-,14+;/m0./s1. The van der Waals surface area contributed by atoms with Crippen LogP contribution in [0, 0.1) is 5.92 Å². The van der Waals surface area contributed by atoms with Crippen molar-refractivity contribution in [1.82, 2.24) is 19.4 Å². The van der Waals surface area contributed by atoms with Crippen molar-refractivity contribution < 1.29 is 13.2 Å². The fourth-order valence-corrected chi connectivity index (χ4v) is 5.54. The fraction of sp³-hybridized carbons (Fsp3) is 0.438. The first kappa shape index (κ1) is 18.2. The number of nitrogens with zero attached hydrogens (tertiary/aromatic N) is 3. The quantitative estimate of drug-likeness (QED) is 0.859. The maximum absolute atomic E-state index is 13.3. The Balaban J connectivity index is 0.00000182. The molecule has 0 bridgehead atoms.